The van der Waals surface area contributed by atoms with Gasteiger partial charge in [-0.05, 0) is 30.3 Å². The molecule has 1 heterocycles. The summed E-state index contributed by atoms with van der Waals surface area (Å²) in [6.45, 7) is 3.40. The monoisotopic (exact) mass is 412 g/mol. The van der Waals surface area contributed by atoms with E-state index in [2.05, 4.69) is 4.90 Å². The minimum Gasteiger partial charge on any atom is -0.496 e. The molecule has 1 aliphatic rings. The number of halogens is 3. The van der Waals surface area contributed by atoms with Gasteiger partial charge < -0.3 is 9.64 Å². The van der Waals surface area contributed by atoms with Crippen LogP contribution in [0.4, 0.5) is 0 Å². The molecule has 0 radical (unpaired) electrons. The number of carbonyl (C=O) groups excluding carboxylic acids is 1. The smallest absolute Gasteiger partial charge is 0.257 e. The van der Waals surface area contributed by atoms with E-state index in [1.807, 2.05) is 23.1 Å². The predicted molar refractivity (Wildman–Crippen MR) is 106 cm³/mol. The number of benzene rings is 2. The maximum absolute atomic E-state index is 12.8. The number of nitrogens with zero attached hydrogens (tertiary/aromatic N) is 2. The van der Waals surface area contributed by atoms with E-state index in [0.717, 1.165) is 18.7 Å². The van der Waals surface area contributed by atoms with E-state index in [1.165, 1.54) is 0 Å². The van der Waals surface area contributed by atoms with Gasteiger partial charge in [0.2, 0.25) is 0 Å². The summed E-state index contributed by atoms with van der Waals surface area (Å²) >= 11 is 18.5. The molecular weight excluding hydrogens is 395 g/mol. The van der Waals surface area contributed by atoms with E-state index in [9.17, 15) is 4.79 Å². The highest BCUT2D eigenvalue weighted by Gasteiger charge is 2.25. The van der Waals surface area contributed by atoms with Gasteiger partial charge in [0.1, 0.15) is 5.75 Å². The molecule has 0 N–H and O–H groups in total. The molecule has 2 aromatic carbocycles. The van der Waals surface area contributed by atoms with Crippen molar-refractivity contribution < 1.29 is 9.53 Å². The van der Waals surface area contributed by atoms with Crippen LogP contribution in [0.3, 0.4) is 0 Å². The van der Waals surface area contributed by atoms with Gasteiger partial charge in [-0.2, -0.15) is 0 Å². The first-order valence-corrected chi connectivity index (χ1v) is 9.41. The lowest BCUT2D eigenvalue weighted by atomic mass is 10.1. The highest BCUT2D eigenvalue weighted by atomic mass is 35.5. The molecule has 7 heteroatoms. The summed E-state index contributed by atoms with van der Waals surface area (Å²) in [6, 6.07) is 10.6. The molecule has 0 saturated carbocycles. The number of hydrogen-bond donors (Lipinski definition) is 0. The zero-order chi connectivity index (χ0) is 18.7. The molecule has 26 heavy (non-hydrogen) atoms. The minimum atomic E-state index is -0.0697. The maximum Gasteiger partial charge on any atom is 0.257 e. The third-order valence-corrected chi connectivity index (χ3v) is 5.44. The summed E-state index contributed by atoms with van der Waals surface area (Å²) in [7, 11) is 1.55. The topological polar surface area (TPSA) is 32.8 Å². The lowest BCUT2D eigenvalue weighted by Gasteiger charge is -2.35. The van der Waals surface area contributed by atoms with Crippen molar-refractivity contribution in [2.45, 2.75) is 6.54 Å². The largest absolute Gasteiger partial charge is 0.496 e. The zero-order valence-electron chi connectivity index (χ0n) is 14.3. The molecule has 2 aromatic rings. The van der Waals surface area contributed by atoms with E-state index in [1.54, 1.807) is 25.3 Å². The van der Waals surface area contributed by atoms with Gasteiger partial charge in [0.15, 0.2) is 0 Å². The molecule has 0 atom stereocenters. The van der Waals surface area contributed by atoms with Crippen LogP contribution < -0.4 is 4.74 Å². The van der Waals surface area contributed by atoms with Crippen LogP contribution in [0, 0.1) is 0 Å². The average Bonchev–Trinajstić information content (AvgIpc) is 2.65. The lowest BCUT2D eigenvalue weighted by Crippen LogP contribution is -2.48. The third kappa shape index (κ3) is 4.26. The summed E-state index contributed by atoms with van der Waals surface area (Å²) in [4.78, 5) is 16.9. The lowest BCUT2D eigenvalue weighted by molar-refractivity contribution is 0.0625. The fourth-order valence-electron chi connectivity index (χ4n) is 3.03. The molecule has 0 aliphatic carbocycles. The Kier molecular flexibility index (Phi) is 6.30. The van der Waals surface area contributed by atoms with Crippen molar-refractivity contribution in [3.63, 3.8) is 0 Å². The number of piperazine rings is 1. The molecule has 1 saturated heterocycles. The Morgan fingerprint density at radius 3 is 2.31 bits per heavy atom. The zero-order valence-corrected chi connectivity index (χ0v) is 16.6. The van der Waals surface area contributed by atoms with Crippen molar-refractivity contribution in [2.24, 2.45) is 0 Å². The normalized spacial score (nSPS) is 15.2. The van der Waals surface area contributed by atoms with Gasteiger partial charge in [-0.3, -0.25) is 9.69 Å². The van der Waals surface area contributed by atoms with Gasteiger partial charge in [0.05, 0.1) is 12.7 Å². The molecule has 1 aliphatic heterocycles. The van der Waals surface area contributed by atoms with Gasteiger partial charge in [-0.25, -0.2) is 0 Å². The first-order chi connectivity index (χ1) is 12.5. The van der Waals surface area contributed by atoms with E-state index >= 15 is 0 Å². The van der Waals surface area contributed by atoms with Crippen LogP contribution in [-0.2, 0) is 6.54 Å². The van der Waals surface area contributed by atoms with Crippen LogP contribution in [0.2, 0.25) is 15.1 Å². The van der Waals surface area contributed by atoms with Crippen molar-refractivity contribution in [2.75, 3.05) is 33.3 Å². The maximum atomic E-state index is 12.8. The molecule has 138 valence electrons. The van der Waals surface area contributed by atoms with Crippen molar-refractivity contribution in [1.29, 1.82) is 0 Å². The minimum absolute atomic E-state index is 0.0697. The standard InChI is InChI=1S/C19H19Cl3N2O2/c1-26-18-6-5-13(20)11-14(18)19(25)24-9-7-23(8-10-24)12-15-16(21)3-2-4-17(15)22/h2-6,11H,7-10,12H2,1H3. The average molecular weight is 414 g/mol. The SMILES string of the molecule is COc1ccc(Cl)cc1C(=O)N1CCN(Cc2c(Cl)cccc2Cl)CC1. The van der Waals surface area contributed by atoms with E-state index < -0.39 is 0 Å². The van der Waals surface area contributed by atoms with Crippen molar-refractivity contribution in [3.05, 3.63) is 62.6 Å². The molecule has 0 bridgehead atoms. The Hall–Kier alpha value is -1.46. The summed E-state index contributed by atoms with van der Waals surface area (Å²) in [5.74, 6) is 0.462. The summed E-state index contributed by atoms with van der Waals surface area (Å²) in [5, 5.41) is 1.85. The Morgan fingerprint density at radius 1 is 1.04 bits per heavy atom. The highest BCUT2D eigenvalue weighted by Crippen LogP contribution is 2.27. The molecule has 1 fully saturated rings. The molecule has 1 amide bonds. The molecule has 3 rings (SSSR count). The van der Waals surface area contributed by atoms with Gasteiger partial charge in [0.25, 0.3) is 5.91 Å². The predicted octanol–water partition coefficient (Wildman–Crippen LogP) is 4.61. The fraction of sp³-hybridized carbons (Fsp3) is 0.316. The molecule has 0 spiro atoms. The second-order valence-corrected chi connectivity index (χ2v) is 7.36. The number of ether oxygens (including phenoxy) is 1. The Morgan fingerprint density at radius 2 is 1.69 bits per heavy atom. The molecular formula is C19H19Cl3N2O2. The number of carbonyl (C=O) groups is 1. The van der Waals surface area contributed by atoms with Crippen molar-refractivity contribution in [1.82, 2.24) is 9.80 Å². The van der Waals surface area contributed by atoms with Crippen LogP contribution >= 0.6 is 34.8 Å². The molecule has 4 nitrogen and oxygen atoms in total. The van der Waals surface area contributed by atoms with Crippen molar-refractivity contribution in [3.8, 4) is 5.75 Å². The molecule has 0 unspecified atom stereocenters. The number of hydrogen-bond acceptors (Lipinski definition) is 3. The van der Waals surface area contributed by atoms with Gasteiger partial charge in [0, 0.05) is 53.4 Å². The van der Waals surface area contributed by atoms with Crippen LogP contribution in [0.25, 0.3) is 0 Å². The van der Waals surface area contributed by atoms with Crippen molar-refractivity contribution >= 4 is 40.7 Å². The van der Waals surface area contributed by atoms with Crippen LogP contribution in [0.5, 0.6) is 5.75 Å². The van der Waals surface area contributed by atoms with Crippen LogP contribution in [0.15, 0.2) is 36.4 Å². The van der Waals surface area contributed by atoms with Crippen LogP contribution in [-0.4, -0.2) is 49.0 Å². The Labute approximate surface area is 168 Å². The quantitative estimate of drug-likeness (QED) is 0.733. The van der Waals surface area contributed by atoms with E-state index in [0.29, 0.717) is 46.0 Å². The number of rotatable bonds is 4. The number of amides is 1. The highest BCUT2D eigenvalue weighted by molar-refractivity contribution is 6.36. The molecule has 0 aromatic heterocycles. The van der Waals surface area contributed by atoms with Gasteiger partial charge in [-0.15, -0.1) is 0 Å². The summed E-state index contributed by atoms with van der Waals surface area (Å²) in [5.41, 5.74) is 1.41. The van der Waals surface area contributed by atoms with Crippen LogP contribution in [0.1, 0.15) is 15.9 Å². The first kappa shape index (κ1) is 19.3. The number of methoxy groups -OCH3 is 1. The Balaban J connectivity index is 1.65. The van der Waals surface area contributed by atoms with E-state index in [4.69, 9.17) is 39.5 Å². The first-order valence-electron chi connectivity index (χ1n) is 8.27. The van der Waals surface area contributed by atoms with Gasteiger partial charge >= 0.3 is 0 Å². The second-order valence-electron chi connectivity index (χ2n) is 6.11. The third-order valence-electron chi connectivity index (χ3n) is 4.49. The second kappa shape index (κ2) is 8.49. The summed E-state index contributed by atoms with van der Waals surface area (Å²) in [6.07, 6.45) is 0. The Bertz CT molecular complexity index is 785. The van der Waals surface area contributed by atoms with E-state index in [-0.39, 0.29) is 5.91 Å². The summed E-state index contributed by atoms with van der Waals surface area (Å²) < 4.78 is 5.29. The fourth-order valence-corrected chi connectivity index (χ4v) is 3.72. The van der Waals surface area contributed by atoms with Gasteiger partial charge in [-0.1, -0.05) is 40.9 Å².